The van der Waals surface area contributed by atoms with Gasteiger partial charge in [0, 0.05) is 18.2 Å². The van der Waals surface area contributed by atoms with Crippen LogP contribution in [0.4, 0.5) is 0 Å². The van der Waals surface area contributed by atoms with E-state index in [2.05, 4.69) is 0 Å². The van der Waals surface area contributed by atoms with Crippen LogP contribution in [-0.4, -0.2) is 31.1 Å². The van der Waals surface area contributed by atoms with E-state index in [1.54, 1.807) is 14.2 Å². The Balaban J connectivity index is 2.19. The average Bonchev–Trinajstić information content (AvgIpc) is 2.60. The molecular formula is C20H25NO3. The van der Waals surface area contributed by atoms with Crippen LogP contribution in [0.1, 0.15) is 25.0 Å². The molecule has 2 rings (SSSR count). The van der Waals surface area contributed by atoms with Crippen LogP contribution in [0.2, 0.25) is 0 Å². The van der Waals surface area contributed by atoms with E-state index in [0.29, 0.717) is 12.3 Å². The molecule has 0 unspecified atom stereocenters. The van der Waals surface area contributed by atoms with E-state index in [-0.39, 0.29) is 18.4 Å². The number of amides is 1. The summed E-state index contributed by atoms with van der Waals surface area (Å²) in [6, 6.07) is 15.7. The van der Waals surface area contributed by atoms with Gasteiger partial charge in [0.25, 0.3) is 0 Å². The number of hydrogen-bond acceptors (Lipinski definition) is 3. The fourth-order valence-electron chi connectivity index (χ4n) is 2.62. The van der Waals surface area contributed by atoms with Gasteiger partial charge in [0.05, 0.1) is 20.6 Å². The molecule has 0 aliphatic carbocycles. The molecule has 0 atom stereocenters. The summed E-state index contributed by atoms with van der Waals surface area (Å²) in [5.74, 6) is 1.49. The summed E-state index contributed by atoms with van der Waals surface area (Å²) in [4.78, 5) is 14.7. The van der Waals surface area contributed by atoms with Crippen molar-refractivity contribution in [1.82, 2.24) is 4.90 Å². The monoisotopic (exact) mass is 327 g/mol. The van der Waals surface area contributed by atoms with Crippen LogP contribution < -0.4 is 9.47 Å². The van der Waals surface area contributed by atoms with Crippen molar-refractivity contribution in [2.24, 2.45) is 0 Å². The summed E-state index contributed by atoms with van der Waals surface area (Å²) >= 11 is 0. The Morgan fingerprint density at radius 2 is 1.75 bits per heavy atom. The predicted molar refractivity (Wildman–Crippen MR) is 95.4 cm³/mol. The zero-order chi connectivity index (χ0) is 17.5. The highest BCUT2D eigenvalue weighted by Gasteiger charge is 2.19. The first-order valence-corrected chi connectivity index (χ1v) is 8.09. The number of methoxy groups -OCH3 is 2. The number of carbonyl (C=O) groups is 1. The van der Waals surface area contributed by atoms with Crippen molar-refractivity contribution in [2.75, 3.05) is 14.2 Å². The maximum absolute atomic E-state index is 12.9. The van der Waals surface area contributed by atoms with Gasteiger partial charge in [0.1, 0.15) is 11.5 Å². The molecule has 0 bridgehead atoms. The molecule has 1 amide bonds. The largest absolute Gasteiger partial charge is 0.497 e. The predicted octanol–water partition coefficient (Wildman–Crippen LogP) is 3.68. The highest BCUT2D eigenvalue weighted by molar-refractivity contribution is 5.80. The Kier molecular flexibility index (Phi) is 6.24. The van der Waals surface area contributed by atoms with Crippen molar-refractivity contribution in [3.05, 3.63) is 59.7 Å². The first kappa shape index (κ1) is 17.9. The van der Waals surface area contributed by atoms with Crippen molar-refractivity contribution >= 4 is 5.91 Å². The topological polar surface area (TPSA) is 38.8 Å². The van der Waals surface area contributed by atoms with E-state index in [1.807, 2.05) is 67.3 Å². The summed E-state index contributed by atoms with van der Waals surface area (Å²) in [6.07, 6.45) is 0.283. The normalized spacial score (nSPS) is 10.5. The highest BCUT2D eigenvalue weighted by atomic mass is 16.5. The van der Waals surface area contributed by atoms with Gasteiger partial charge in [-0.25, -0.2) is 0 Å². The number of nitrogens with zero attached hydrogens (tertiary/aromatic N) is 1. The highest BCUT2D eigenvalue weighted by Crippen LogP contribution is 2.25. The molecule has 2 aromatic rings. The minimum Gasteiger partial charge on any atom is -0.497 e. The van der Waals surface area contributed by atoms with Crippen LogP contribution in [0.25, 0.3) is 0 Å². The van der Waals surface area contributed by atoms with Crippen LogP contribution in [0, 0.1) is 0 Å². The average molecular weight is 327 g/mol. The third kappa shape index (κ3) is 4.51. The molecule has 0 radical (unpaired) electrons. The van der Waals surface area contributed by atoms with E-state index < -0.39 is 0 Å². The third-order valence-corrected chi connectivity index (χ3v) is 3.97. The van der Waals surface area contributed by atoms with Gasteiger partial charge in [-0.3, -0.25) is 4.79 Å². The molecule has 4 nitrogen and oxygen atoms in total. The number of benzene rings is 2. The molecular weight excluding hydrogens is 302 g/mol. The van der Waals surface area contributed by atoms with Crippen LogP contribution in [0.3, 0.4) is 0 Å². The second-order valence-corrected chi connectivity index (χ2v) is 5.96. The quantitative estimate of drug-likeness (QED) is 0.778. The van der Waals surface area contributed by atoms with Gasteiger partial charge in [-0.1, -0.05) is 30.3 Å². The summed E-state index contributed by atoms with van der Waals surface area (Å²) < 4.78 is 10.6. The molecule has 2 aromatic carbocycles. The number of hydrogen-bond donors (Lipinski definition) is 0. The van der Waals surface area contributed by atoms with Crippen molar-refractivity contribution in [1.29, 1.82) is 0 Å². The standard InChI is InChI=1S/C20H25NO3/c1-15(2)21(14-16-8-6-5-7-9-16)20(22)13-17-12-18(23-3)10-11-19(17)24-4/h5-12,15H,13-14H2,1-4H3. The molecule has 0 saturated heterocycles. The van der Waals surface area contributed by atoms with Gasteiger partial charge in [-0.15, -0.1) is 0 Å². The van der Waals surface area contributed by atoms with E-state index >= 15 is 0 Å². The molecule has 0 saturated carbocycles. The van der Waals surface area contributed by atoms with Gasteiger partial charge in [0.2, 0.25) is 5.91 Å². The van der Waals surface area contributed by atoms with Crippen molar-refractivity contribution in [3.8, 4) is 11.5 Å². The molecule has 4 heteroatoms. The van der Waals surface area contributed by atoms with E-state index in [1.165, 1.54) is 0 Å². The first-order valence-electron chi connectivity index (χ1n) is 8.09. The Bertz CT molecular complexity index is 668. The molecule has 0 fully saturated rings. The molecule has 24 heavy (non-hydrogen) atoms. The minimum atomic E-state index is 0.0698. The third-order valence-electron chi connectivity index (χ3n) is 3.97. The fourth-order valence-corrected chi connectivity index (χ4v) is 2.62. The second-order valence-electron chi connectivity index (χ2n) is 5.96. The summed E-state index contributed by atoms with van der Waals surface area (Å²) in [5, 5.41) is 0. The van der Waals surface area contributed by atoms with E-state index in [4.69, 9.17) is 9.47 Å². The fraction of sp³-hybridized carbons (Fsp3) is 0.350. The molecule has 0 aromatic heterocycles. The summed E-state index contributed by atoms with van der Waals surface area (Å²) in [7, 11) is 3.23. The second kappa shape index (κ2) is 8.39. The minimum absolute atomic E-state index is 0.0698. The summed E-state index contributed by atoms with van der Waals surface area (Å²) in [6.45, 7) is 4.66. The Morgan fingerprint density at radius 1 is 1.04 bits per heavy atom. The Morgan fingerprint density at radius 3 is 2.33 bits per heavy atom. The van der Waals surface area contributed by atoms with Crippen LogP contribution in [0.5, 0.6) is 11.5 Å². The number of rotatable bonds is 7. The Hall–Kier alpha value is -2.49. The molecule has 0 aliphatic rings. The SMILES string of the molecule is COc1ccc(OC)c(CC(=O)N(Cc2ccccc2)C(C)C)c1. The van der Waals surface area contributed by atoms with Gasteiger partial charge >= 0.3 is 0 Å². The smallest absolute Gasteiger partial charge is 0.227 e. The van der Waals surface area contributed by atoms with Gasteiger partial charge in [-0.05, 0) is 37.6 Å². The van der Waals surface area contributed by atoms with Crippen molar-refractivity contribution < 1.29 is 14.3 Å². The van der Waals surface area contributed by atoms with Crippen LogP contribution >= 0.6 is 0 Å². The number of ether oxygens (including phenoxy) is 2. The zero-order valence-electron chi connectivity index (χ0n) is 14.8. The van der Waals surface area contributed by atoms with Crippen LogP contribution in [-0.2, 0) is 17.8 Å². The van der Waals surface area contributed by atoms with Gasteiger partial charge in [0.15, 0.2) is 0 Å². The molecule has 0 heterocycles. The zero-order valence-corrected chi connectivity index (χ0v) is 14.8. The van der Waals surface area contributed by atoms with Gasteiger partial charge in [-0.2, -0.15) is 0 Å². The maximum atomic E-state index is 12.9. The van der Waals surface area contributed by atoms with Crippen molar-refractivity contribution in [3.63, 3.8) is 0 Å². The number of carbonyl (C=O) groups excluding carboxylic acids is 1. The van der Waals surface area contributed by atoms with Gasteiger partial charge < -0.3 is 14.4 Å². The lowest BCUT2D eigenvalue weighted by atomic mass is 10.1. The van der Waals surface area contributed by atoms with E-state index in [0.717, 1.165) is 16.9 Å². The lowest BCUT2D eigenvalue weighted by molar-refractivity contribution is -0.132. The molecule has 0 aliphatic heterocycles. The van der Waals surface area contributed by atoms with Crippen LogP contribution in [0.15, 0.2) is 48.5 Å². The van der Waals surface area contributed by atoms with E-state index in [9.17, 15) is 4.79 Å². The Labute approximate surface area is 144 Å². The molecule has 0 N–H and O–H groups in total. The first-order chi connectivity index (χ1) is 11.5. The lowest BCUT2D eigenvalue weighted by Crippen LogP contribution is -2.37. The lowest BCUT2D eigenvalue weighted by Gasteiger charge is -2.27. The van der Waals surface area contributed by atoms with Crippen molar-refractivity contribution in [2.45, 2.75) is 32.9 Å². The molecule has 0 spiro atoms. The molecule has 128 valence electrons. The summed E-state index contributed by atoms with van der Waals surface area (Å²) in [5.41, 5.74) is 1.96. The maximum Gasteiger partial charge on any atom is 0.227 e.